The van der Waals surface area contributed by atoms with Crippen LogP contribution in [0.25, 0.3) is 0 Å². The van der Waals surface area contributed by atoms with Crippen molar-refractivity contribution in [2.45, 2.75) is 82.5 Å². The van der Waals surface area contributed by atoms with Crippen LogP contribution in [0.4, 0.5) is 0 Å². The molecule has 0 amide bonds. The van der Waals surface area contributed by atoms with Crippen molar-refractivity contribution < 1.29 is 19.4 Å². The van der Waals surface area contributed by atoms with Gasteiger partial charge in [0.15, 0.2) is 5.78 Å². The average Bonchev–Trinajstić information content (AvgIpc) is 3.26. The fraction of sp³-hybridized carbons (Fsp3) is 0.818. The van der Waals surface area contributed by atoms with Gasteiger partial charge in [0.1, 0.15) is 11.9 Å². The third-order valence-corrected chi connectivity index (χ3v) is 9.41. The number of fused-ring (bicyclic) bond motifs is 3. The van der Waals surface area contributed by atoms with Crippen LogP contribution >= 0.6 is 0 Å². The zero-order valence-electron chi connectivity index (χ0n) is 15.9. The molecule has 3 saturated carbocycles. The largest absolute Gasteiger partial charge is 0.389 e. The minimum Gasteiger partial charge on any atom is -0.389 e. The van der Waals surface area contributed by atoms with Crippen molar-refractivity contribution >= 4 is 12.1 Å². The topological polar surface area (TPSA) is 66.9 Å². The standard InChI is InChI=1S/C22H30O4/c1-19-9-6-15(24)12-14(19)4-5-17-16-7-10-21(25,8-3-11-23)20(16,2)13-18-22(17,19)26-18/h6,9,11,14,16-18,25H,3-5,7-8,10,12-13H2,1-2H3/t14?,16-,17-,18?,19-,20-,21?,22+/m0/s1. The van der Waals surface area contributed by atoms with Crippen LogP contribution in [0.2, 0.25) is 0 Å². The molecule has 8 atom stereocenters. The van der Waals surface area contributed by atoms with Gasteiger partial charge >= 0.3 is 0 Å². The number of aldehydes is 1. The van der Waals surface area contributed by atoms with Crippen LogP contribution in [0.5, 0.6) is 0 Å². The van der Waals surface area contributed by atoms with Gasteiger partial charge in [-0.2, -0.15) is 0 Å². The highest BCUT2D eigenvalue weighted by molar-refractivity contribution is 5.91. The molecule has 0 aromatic carbocycles. The molecule has 0 aromatic heterocycles. The first kappa shape index (κ1) is 17.1. The van der Waals surface area contributed by atoms with Gasteiger partial charge in [-0.1, -0.05) is 19.9 Å². The second-order valence-electron chi connectivity index (χ2n) is 10.1. The van der Waals surface area contributed by atoms with Gasteiger partial charge in [0.05, 0.1) is 11.7 Å². The maximum Gasteiger partial charge on any atom is 0.155 e. The molecule has 4 heteroatoms. The highest BCUT2D eigenvalue weighted by Gasteiger charge is 2.80. The Bertz CT molecular complexity index is 700. The Labute approximate surface area is 155 Å². The Balaban J connectivity index is 1.52. The second-order valence-corrected chi connectivity index (χ2v) is 10.1. The van der Waals surface area contributed by atoms with Gasteiger partial charge < -0.3 is 14.6 Å². The van der Waals surface area contributed by atoms with Crippen LogP contribution in [0.3, 0.4) is 0 Å². The van der Waals surface area contributed by atoms with Crippen LogP contribution in [0.1, 0.15) is 65.2 Å². The number of carbonyl (C=O) groups is 2. The summed E-state index contributed by atoms with van der Waals surface area (Å²) in [5.41, 5.74) is -1.10. The first-order chi connectivity index (χ1) is 12.3. The zero-order chi connectivity index (χ0) is 18.4. The van der Waals surface area contributed by atoms with E-state index in [2.05, 4.69) is 19.9 Å². The van der Waals surface area contributed by atoms with Gasteiger partial charge in [-0.15, -0.1) is 0 Å². The van der Waals surface area contributed by atoms with Crippen LogP contribution in [-0.4, -0.2) is 34.5 Å². The normalized spacial score (nSPS) is 57.0. The lowest BCUT2D eigenvalue weighted by Crippen LogP contribution is -2.61. The molecule has 1 heterocycles. The van der Waals surface area contributed by atoms with E-state index in [1.54, 1.807) is 6.08 Å². The summed E-state index contributed by atoms with van der Waals surface area (Å²) in [5, 5.41) is 11.5. The van der Waals surface area contributed by atoms with Crippen molar-refractivity contribution in [3.63, 3.8) is 0 Å². The summed E-state index contributed by atoms with van der Waals surface area (Å²) in [6.45, 7) is 4.55. The van der Waals surface area contributed by atoms with E-state index in [0.717, 1.165) is 38.4 Å². The Morgan fingerprint density at radius 2 is 2.08 bits per heavy atom. The maximum absolute atomic E-state index is 12.0. The van der Waals surface area contributed by atoms with Crippen molar-refractivity contribution in [1.29, 1.82) is 0 Å². The molecule has 4 fully saturated rings. The molecule has 1 spiro atoms. The van der Waals surface area contributed by atoms with Gasteiger partial charge in [-0.25, -0.2) is 0 Å². The van der Waals surface area contributed by atoms with Gasteiger partial charge in [-0.05, 0) is 62.4 Å². The predicted octanol–water partition coefficient (Wildman–Crippen LogP) is 3.22. The lowest BCUT2D eigenvalue weighted by Gasteiger charge is -2.57. The molecule has 4 aliphatic carbocycles. The summed E-state index contributed by atoms with van der Waals surface area (Å²) in [5.74, 6) is 1.54. The fourth-order valence-corrected chi connectivity index (χ4v) is 7.89. The summed E-state index contributed by atoms with van der Waals surface area (Å²) >= 11 is 0. The molecule has 0 radical (unpaired) electrons. The van der Waals surface area contributed by atoms with E-state index in [1.165, 1.54) is 0 Å². The molecule has 1 saturated heterocycles. The molecule has 1 N–H and O–H groups in total. The van der Waals surface area contributed by atoms with Gasteiger partial charge in [-0.3, -0.25) is 4.79 Å². The molecule has 5 rings (SSSR count). The fourth-order valence-electron chi connectivity index (χ4n) is 7.89. The second kappa shape index (κ2) is 5.08. The molecule has 1 aliphatic heterocycles. The number of epoxide rings is 1. The van der Waals surface area contributed by atoms with E-state index in [9.17, 15) is 14.7 Å². The van der Waals surface area contributed by atoms with E-state index in [4.69, 9.17) is 4.74 Å². The van der Waals surface area contributed by atoms with Gasteiger partial charge in [0.25, 0.3) is 0 Å². The first-order valence-corrected chi connectivity index (χ1v) is 10.4. The summed E-state index contributed by atoms with van der Waals surface area (Å²) in [4.78, 5) is 22.9. The number of aliphatic hydroxyl groups is 1. The Morgan fingerprint density at radius 3 is 2.85 bits per heavy atom. The molecule has 142 valence electrons. The van der Waals surface area contributed by atoms with Crippen LogP contribution in [0, 0.1) is 28.6 Å². The Kier molecular flexibility index (Phi) is 3.34. The number of carbonyl (C=O) groups excluding carboxylic acids is 2. The number of allylic oxidation sites excluding steroid dienone is 1. The first-order valence-electron chi connectivity index (χ1n) is 10.4. The van der Waals surface area contributed by atoms with Crippen molar-refractivity contribution in [1.82, 2.24) is 0 Å². The molecular formula is C22H30O4. The maximum atomic E-state index is 12.0. The lowest BCUT2D eigenvalue weighted by atomic mass is 9.45. The molecule has 26 heavy (non-hydrogen) atoms. The molecule has 0 bridgehead atoms. The summed E-state index contributed by atoms with van der Waals surface area (Å²) in [7, 11) is 0. The monoisotopic (exact) mass is 358 g/mol. The van der Waals surface area contributed by atoms with Gasteiger partial charge in [0, 0.05) is 23.7 Å². The lowest BCUT2D eigenvalue weighted by molar-refractivity contribution is -0.132. The third kappa shape index (κ3) is 1.78. The number of ether oxygens (including phenoxy) is 1. The third-order valence-electron chi connectivity index (χ3n) is 9.41. The average molecular weight is 358 g/mol. The molecule has 3 unspecified atom stereocenters. The number of ketones is 1. The Morgan fingerprint density at radius 1 is 1.27 bits per heavy atom. The SMILES string of the molecule is C[C@]12CC3O[C@]34[C@@H](CCC3CC(=O)C=C[C@@]34C)[C@@H]1CCC2(O)CCC=O. The highest BCUT2D eigenvalue weighted by Crippen LogP contribution is 2.76. The zero-order valence-corrected chi connectivity index (χ0v) is 15.9. The highest BCUT2D eigenvalue weighted by atomic mass is 16.6. The van der Waals surface area contributed by atoms with Crippen molar-refractivity contribution in [3.8, 4) is 0 Å². The summed E-state index contributed by atoms with van der Waals surface area (Å²) in [6.07, 6.45) is 11.6. The molecular weight excluding hydrogens is 328 g/mol. The van der Waals surface area contributed by atoms with Crippen LogP contribution in [0.15, 0.2) is 12.2 Å². The number of rotatable bonds is 3. The molecule has 0 aromatic rings. The minimum absolute atomic E-state index is 0.0562. The predicted molar refractivity (Wildman–Crippen MR) is 96.4 cm³/mol. The minimum atomic E-state index is -0.743. The van der Waals surface area contributed by atoms with E-state index < -0.39 is 5.60 Å². The van der Waals surface area contributed by atoms with E-state index in [0.29, 0.717) is 37.0 Å². The summed E-state index contributed by atoms with van der Waals surface area (Å²) in [6, 6.07) is 0. The van der Waals surface area contributed by atoms with Crippen molar-refractivity contribution in [2.75, 3.05) is 0 Å². The summed E-state index contributed by atoms with van der Waals surface area (Å²) < 4.78 is 6.53. The molecule has 4 nitrogen and oxygen atoms in total. The van der Waals surface area contributed by atoms with Crippen LogP contribution in [-0.2, 0) is 14.3 Å². The van der Waals surface area contributed by atoms with E-state index >= 15 is 0 Å². The number of hydrogen-bond donors (Lipinski definition) is 1. The quantitative estimate of drug-likeness (QED) is 0.621. The number of hydrogen-bond acceptors (Lipinski definition) is 4. The van der Waals surface area contributed by atoms with Gasteiger partial charge in [0.2, 0.25) is 0 Å². The van der Waals surface area contributed by atoms with E-state index in [1.807, 2.05) is 0 Å². The van der Waals surface area contributed by atoms with E-state index in [-0.39, 0.29) is 28.3 Å². The van der Waals surface area contributed by atoms with Crippen molar-refractivity contribution in [2.24, 2.45) is 28.6 Å². The molecule has 5 aliphatic rings. The van der Waals surface area contributed by atoms with Crippen LogP contribution < -0.4 is 0 Å². The van der Waals surface area contributed by atoms with Crippen molar-refractivity contribution in [3.05, 3.63) is 12.2 Å². The Hall–Kier alpha value is -1.00. The smallest absolute Gasteiger partial charge is 0.155 e.